The summed E-state index contributed by atoms with van der Waals surface area (Å²) in [6.07, 6.45) is 3.77. The summed E-state index contributed by atoms with van der Waals surface area (Å²) in [5.74, 6) is 3.33. The fraction of sp³-hybridized carbons (Fsp3) is 0.500. The summed E-state index contributed by atoms with van der Waals surface area (Å²) in [6.45, 7) is 7.11. The lowest BCUT2D eigenvalue weighted by atomic mass is 10.2. The van der Waals surface area contributed by atoms with Gasteiger partial charge in [-0.15, -0.1) is 0 Å². The van der Waals surface area contributed by atoms with Gasteiger partial charge in [0.1, 0.15) is 17.5 Å². The smallest absolute Gasteiger partial charge is 0.153 e. The SMILES string of the molecule is CCCNc1nc(CC)nc(Nc2ccn(C)n2)c1C. The van der Waals surface area contributed by atoms with Crippen molar-refractivity contribution in [3.05, 3.63) is 23.7 Å². The van der Waals surface area contributed by atoms with E-state index in [1.807, 2.05) is 26.2 Å². The average Bonchev–Trinajstić information content (AvgIpc) is 2.85. The first kappa shape index (κ1) is 14.3. The van der Waals surface area contributed by atoms with Gasteiger partial charge in [0.15, 0.2) is 5.82 Å². The van der Waals surface area contributed by atoms with Gasteiger partial charge in [-0.2, -0.15) is 5.10 Å². The van der Waals surface area contributed by atoms with Crippen molar-refractivity contribution in [2.75, 3.05) is 17.2 Å². The second-order valence-corrected chi connectivity index (χ2v) is 4.74. The maximum absolute atomic E-state index is 4.55. The summed E-state index contributed by atoms with van der Waals surface area (Å²) in [4.78, 5) is 9.10. The van der Waals surface area contributed by atoms with Gasteiger partial charge in [-0.05, 0) is 13.3 Å². The number of anilines is 3. The maximum atomic E-state index is 4.55. The van der Waals surface area contributed by atoms with Crippen LogP contribution in [0.3, 0.4) is 0 Å². The van der Waals surface area contributed by atoms with Crippen LogP contribution in [-0.4, -0.2) is 26.3 Å². The summed E-state index contributed by atoms with van der Waals surface area (Å²) in [5, 5.41) is 10.9. The van der Waals surface area contributed by atoms with Gasteiger partial charge in [0.05, 0.1) is 0 Å². The molecule has 0 aliphatic rings. The molecule has 0 unspecified atom stereocenters. The second kappa shape index (κ2) is 6.36. The van der Waals surface area contributed by atoms with E-state index in [1.165, 1.54) is 0 Å². The zero-order valence-corrected chi connectivity index (χ0v) is 12.6. The van der Waals surface area contributed by atoms with E-state index in [4.69, 9.17) is 0 Å². The van der Waals surface area contributed by atoms with Crippen molar-refractivity contribution < 1.29 is 0 Å². The van der Waals surface area contributed by atoms with Crippen LogP contribution in [-0.2, 0) is 13.5 Å². The fourth-order valence-electron chi connectivity index (χ4n) is 1.86. The highest BCUT2D eigenvalue weighted by molar-refractivity contribution is 5.62. The topological polar surface area (TPSA) is 67.7 Å². The van der Waals surface area contributed by atoms with Crippen molar-refractivity contribution in [1.82, 2.24) is 19.7 Å². The van der Waals surface area contributed by atoms with Crippen LogP contribution in [0.5, 0.6) is 0 Å². The molecule has 20 heavy (non-hydrogen) atoms. The highest BCUT2D eigenvalue weighted by Gasteiger charge is 2.11. The maximum Gasteiger partial charge on any atom is 0.153 e. The third-order valence-corrected chi connectivity index (χ3v) is 3.01. The molecule has 2 rings (SSSR count). The lowest BCUT2D eigenvalue weighted by Crippen LogP contribution is -2.10. The molecule has 0 saturated carbocycles. The molecule has 0 fully saturated rings. The Morgan fingerprint density at radius 1 is 1.20 bits per heavy atom. The molecule has 0 amide bonds. The molecule has 6 nitrogen and oxygen atoms in total. The van der Waals surface area contributed by atoms with Crippen molar-refractivity contribution in [3.63, 3.8) is 0 Å². The Kier molecular flexibility index (Phi) is 4.55. The Morgan fingerprint density at radius 3 is 2.55 bits per heavy atom. The zero-order chi connectivity index (χ0) is 14.5. The Labute approximate surface area is 119 Å². The minimum Gasteiger partial charge on any atom is -0.370 e. The first-order chi connectivity index (χ1) is 9.63. The Morgan fingerprint density at radius 2 is 1.95 bits per heavy atom. The molecule has 0 aliphatic carbocycles. The minimum atomic E-state index is 0.790. The first-order valence-electron chi connectivity index (χ1n) is 7.02. The van der Waals surface area contributed by atoms with E-state index in [9.17, 15) is 0 Å². The molecule has 0 bridgehead atoms. The van der Waals surface area contributed by atoms with Gasteiger partial charge in [-0.3, -0.25) is 4.68 Å². The summed E-state index contributed by atoms with van der Waals surface area (Å²) < 4.78 is 1.76. The number of nitrogens with zero attached hydrogens (tertiary/aromatic N) is 4. The number of nitrogens with one attached hydrogen (secondary N) is 2. The van der Waals surface area contributed by atoms with E-state index in [1.54, 1.807) is 4.68 Å². The van der Waals surface area contributed by atoms with E-state index in [0.29, 0.717) is 0 Å². The van der Waals surface area contributed by atoms with E-state index in [0.717, 1.165) is 48.2 Å². The van der Waals surface area contributed by atoms with Crippen LogP contribution >= 0.6 is 0 Å². The molecule has 0 spiro atoms. The van der Waals surface area contributed by atoms with E-state index < -0.39 is 0 Å². The monoisotopic (exact) mass is 274 g/mol. The van der Waals surface area contributed by atoms with Crippen molar-refractivity contribution in [2.45, 2.75) is 33.6 Å². The third kappa shape index (κ3) is 3.26. The Hall–Kier alpha value is -2.11. The Balaban J connectivity index is 2.30. The quantitative estimate of drug-likeness (QED) is 0.847. The van der Waals surface area contributed by atoms with Crippen molar-refractivity contribution in [1.29, 1.82) is 0 Å². The van der Waals surface area contributed by atoms with E-state index >= 15 is 0 Å². The molecule has 2 aromatic rings. The van der Waals surface area contributed by atoms with Crippen LogP contribution in [0.4, 0.5) is 17.5 Å². The van der Waals surface area contributed by atoms with Crippen LogP contribution in [0.1, 0.15) is 31.7 Å². The van der Waals surface area contributed by atoms with Crippen molar-refractivity contribution >= 4 is 17.5 Å². The number of aromatic nitrogens is 4. The number of aryl methyl sites for hydroxylation is 2. The van der Waals surface area contributed by atoms with Crippen LogP contribution < -0.4 is 10.6 Å². The van der Waals surface area contributed by atoms with Crippen LogP contribution in [0.25, 0.3) is 0 Å². The first-order valence-corrected chi connectivity index (χ1v) is 7.02. The predicted octanol–water partition coefficient (Wildman–Crippen LogP) is 2.65. The van der Waals surface area contributed by atoms with Gasteiger partial charge in [0.2, 0.25) is 0 Å². The van der Waals surface area contributed by atoms with Gasteiger partial charge in [0.25, 0.3) is 0 Å². The predicted molar refractivity (Wildman–Crippen MR) is 81.4 cm³/mol. The molecule has 108 valence electrons. The zero-order valence-electron chi connectivity index (χ0n) is 12.6. The van der Waals surface area contributed by atoms with Crippen LogP contribution in [0.2, 0.25) is 0 Å². The van der Waals surface area contributed by atoms with Crippen LogP contribution in [0.15, 0.2) is 12.3 Å². The van der Waals surface area contributed by atoms with E-state index in [2.05, 4.69) is 39.5 Å². The number of hydrogen-bond donors (Lipinski definition) is 2. The fourth-order valence-corrected chi connectivity index (χ4v) is 1.86. The molecular formula is C14H22N6. The van der Waals surface area contributed by atoms with Gasteiger partial charge >= 0.3 is 0 Å². The second-order valence-electron chi connectivity index (χ2n) is 4.74. The molecule has 0 radical (unpaired) electrons. The van der Waals surface area contributed by atoms with Gasteiger partial charge in [0, 0.05) is 37.8 Å². The highest BCUT2D eigenvalue weighted by Crippen LogP contribution is 2.23. The lowest BCUT2D eigenvalue weighted by molar-refractivity contribution is 0.770. The standard InChI is InChI=1S/C14H22N6/c1-5-8-15-13-10(3)14(17-11(6-2)16-13)18-12-7-9-20(4)19-12/h7,9H,5-6,8H2,1-4H3,(H2,15,16,17,18,19). The number of hydrogen-bond acceptors (Lipinski definition) is 5. The summed E-state index contributed by atoms with van der Waals surface area (Å²) in [6, 6.07) is 1.92. The molecule has 2 aromatic heterocycles. The summed E-state index contributed by atoms with van der Waals surface area (Å²) in [5.41, 5.74) is 1.02. The molecule has 2 heterocycles. The normalized spacial score (nSPS) is 10.6. The van der Waals surface area contributed by atoms with Crippen LogP contribution in [0, 0.1) is 6.92 Å². The molecule has 0 aromatic carbocycles. The number of rotatable bonds is 6. The third-order valence-electron chi connectivity index (χ3n) is 3.01. The molecular weight excluding hydrogens is 252 g/mol. The molecule has 6 heteroatoms. The molecule has 2 N–H and O–H groups in total. The largest absolute Gasteiger partial charge is 0.370 e. The summed E-state index contributed by atoms with van der Waals surface area (Å²) in [7, 11) is 1.89. The molecule has 0 saturated heterocycles. The van der Waals surface area contributed by atoms with E-state index in [-0.39, 0.29) is 0 Å². The highest BCUT2D eigenvalue weighted by atomic mass is 15.3. The van der Waals surface area contributed by atoms with Crippen molar-refractivity contribution in [2.24, 2.45) is 7.05 Å². The van der Waals surface area contributed by atoms with Gasteiger partial charge < -0.3 is 10.6 Å². The lowest BCUT2D eigenvalue weighted by Gasteiger charge is -2.13. The van der Waals surface area contributed by atoms with Crippen molar-refractivity contribution in [3.8, 4) is 0 Å². The van der Waals surface area contributed by atoms with Gasteiger partial charge in [-0.25, -0.2) is 9.97 Å². The summed E-state index contributed by atoms with van der Waals surface area (Å²) >= 11 is 0. The van der Waals surface area contributed by atoms with Gasteiger partial charge in [-0.1, -0.05) is 13.8 Å². The Bertz CT molecular complexity index is 575. The molecule has 0 atom stereocenters. The molecule has 0 aliphatic heterocycles. The average molecular weight is 274 g/mol. The minimum absolute atomic E-state index is 0.790.